The number of nitrogens with one attached hydrogen (secondary N) is 2. The van der Waals surface area contributed by atoms with E-state index in [1.54, 1.807) is 12.1 Å². The first-order valence-electron chi connectivity index (χ1n) is 9.72. The second-order valence-electron chi connectivity index (χ2n) is 6.89. The maximum Gasteiger partial charge on any atom is 0.276 e. The maximum absolute atomic E-state index is 12.6. The Morgan fingerprint density at radius 3 is 2.71 bits per heavy atom. The van der Waals surface area contributed by atoms with Gasteiger partial charge in [-0.1, -0.05) is 12.1 Å². The smallest absolute Gasteiger partial charge is 0.276 e. The normalized spacial score (nSPS) is 19.4. The summed E-state index contributed by atoms with van der Waals surface area (Å²) in [5, 5.41) is 14.3. The van der Waals surface area contributed by atoms with Crippen molar-refractivity contribution < 1.29 is 14.3 Å². The number of anilines is 3. The molecule has 28 heavy (non-hydrogen) atoms. The van der Waals surface area contributed by atoms with Gasteiger partial charge in [-0.2, -0.15) is 0 Å². The number of benzene rings is 1. The predicted molar refractivity (Wildman–Crippen MR) is 107 cm³/mol. The van der Waals surface area contributed by atoms with E-state index in [4.69, 9.17) is 9.47 Å². The highest BCUT2D eigenvalue weighted by Gasteiger charge is 2.18. The molecular formula is C20H25N5O3. The Kier molecular flexibility index (Phi) is 5.98. The summed E-state index contributed by atoms with van der Waals surface area (Å²) in [5.74, 6) is 0.361. The van der Waals surface area contributed by atoms with Gasteiger partial charge in [-0.15, -0.1) is 10.2 Å². The molecule has 0 radical (unpaired) electrons. The zero-order chi connectivity index (χ0) is 19.2. The van der Waals surface area contributed by atoms with Crippen LogP contribution < -0.4 is 15.5 Å². The number of amides is 1. The molecule has 1 atom stereocenters. The molecule has 4 rings (SSSR count). The van der Waals surface area contributed by atoms with E-state index in [1.807, 2.05) is 24.3 Å². The number of rotatable bonds is 6. The van der Waals surface area contributed by atoms with Gasteiger partial charge in [-0.25, -0.2) is 0 Å². The zero-order valence-corrected chi connectivity index (χ0v) is 15.8. The number of carbonyl (C=O) groups excluding carboxylic acids is 1. The molecule has 2 N–H and O–H groups in total. The highest BCUT2D eigenvalue weighted by molar-refractivity contribution is 6.04. The Morgan fingerprint density at radius 1 is 1.11 bits per heavy atom. The lowest BCUT2D eigenvalue weighted by Gasteiger charge is -2.30. The largest absolute Gasteiger partial charge is 0.378 e. The summed E-state index contributed by atoms with van der Waals surface area (Å²) in [6.07, 6.45) is 2.38. The lowest BCUT2D eigenvalue weighted by atomic mass is 10.2. The molecule has 2 fully saturated rings. The van der Waals surface area contributed by atoms with Crippen LogP contribution >= 0.6 is 0 Å². The molecule has 2 aliphatic rings. The van der Waals surface area contributed by atoms with Gasteiger partial charge in [0.05, 0.1) is 30.7 Å². The van der Waals surface area contributed by atoms with E-state index in [1.165, 1.54) is 0 Å². The van der Waals surface area contributed by atoms with Crippen molar-refractivity contribution in [2.24, 2.45) is 0 Å². The second-order valence-corrected chi connectivity index (χ2v) is 6.89. The van der Waals surface area contributed by atoms with Crippen LogP contribution in [0.25, 0.3) is 0 Å². The van der Waals surface area contributed by atoms with E-state index in [9.17, 15) is 4.79 Å². The molecule has 3 heterocycles. The molecule has 0 aliphatic carbocycles. The van der Waals surface area contributed by atoms with Crippen molar-refractivity contribution in [3.05, 3.63) is 42.1 Å². The van der Waals surface area contributed by atoms with Gasteiger partial charge in [0.15, 0.2) is 5.69 Å². The second kappa shape index (κ2) is 8.99. The Labute approximate surface area is 164 Å². The summed E-state index contributed by atoms with van der Waals surface area (Å²) in [4.78, 5) is 14.8. The zero-order valence-electron chi connectivity index (χ0n) is 15.8. The number of para-hydroxylation sites is 2. The average molecular weight is 383 g/mol. The summed E-state index contributed by atoms with van der Waals surface area (Å²) in [6, 6.07) is 11.2. The molecule has 1 aromatic carbocycles. The Hall–Kier alpha value is -2.71. The topological polar surface area (TPSA) is 88.6 Å². The first-order chi connectivity index (χ1) is 13.8. The highest BCUT2D eigenvalue weighted by Crippen LogP contribution is 2.26. The van der Waals surface area contributed by atoms with Gasteiger partial charge in [-0.05, 0) is 37.1 Å². The number of hydrogen-bond acceptors (Lipinski definition) is 7. The van der Waals surface area contributed by atoms with Crippen molar-refractivity contribution in [2.75, 3.05) is 55.0 Å². The lowest BCUT2D eigenvalue weighted by Crippen LogP contribution is -2.36. The molecule has 2 saturated heterocycles. The number of hydrogen-bond donors (Lipinski definition) is 2. The number of carbonyl (C=O) groups is 1. The van der Waals surface area contributed by atoms with Crippen LogP contribution in [0.5, 0.6) is 0 Å². The van der Waals surface area contributed by atoms with Gasteiger partial charge in [0.1, 0.15) is 5.82 Å². The minimum absolute atomic E-state index is 0.224. The first kappa shape index (κ1) is 18.6. The fourth-order valence-electron chi connectivity index (χ4n) is 3.42. The maximum atomic E-state index is 12.6. The molecule has 1 aromatic heterocycles. The van der Waals surface area contributed by atoms with Crippen molar-refractivity contribution in [1.82, 2.24) is 10.2 Å². The van der Waals surface area contributed by atoms with Crippen LogP contribution in [-0.2, 0) is 9.47 Å². The van der Waals surface area contributed by atoms with Crippen LogP contribution in [0.15, 0.2) is 36.4 Å². The van der Waals surface area contributed by atoms with E-state index < -0.39 is 0 Å². The summed E-state index contributed by atoms with van der Waals surface area (Å²) < 4.78 is 11.0. The summed E-state index contributed by atoms with van der Waals surface area (Å²) >= 11 is 0. The van der Waals surface area contributed by atoms with E-state index in [-0.39, 0.29) is 17.7 Å². The summed E-state index contributed by atoms with van der Waals surface area (Å²) in [6.45, 7) is 4.51. The minimum Gasteiger partial charge on any atom is -0.378 e. The van der Waals surface area contributed by atoms with Gasteiger partial charge in [0, 0.05) is 26.2 Å². The van der Waals surface area contributed by atoms with E-state index in [2.05, 4.69) is 25.7 Å². The Bertz CT molecular complexity index is 787. The van der Waals surface area contributed by atoms with Crippen LogP contribution in [0, 0.1) is 0 Å². The third-order valence-corrected chi connectivity index (χ3v) is 4.94. The quantitative estimate of drug-likeness (QED) is 0.790. The molecule has 8 nitrogen and oxygen atoms in total. The van der Waals surface area contributed by atoms with Crippen molar-refractivity contribution in [3.8, 4) is 0 Å². The van der Waals surface area contributed by atoms with Crippen molar-refractivity contribution >= 4 is 23.1 Å². The third kappa shape index (κ3) is 4.58. The Morgan fingerprint density at radius 2 is 1.96 bits per heavy atom. The van der Waals surface area contributed by atoms with Gasteiger partial charge < -0.3 is 25.0 Å². The molecule has 1 unspecified atom stereocenters. The standard InChI is InChI=1S/C20H25N5O3/c26-20(17-7-8-19(24-23-17)21-14-15-4-3-11-28-15)22-16-5-1-2-6-18(16)25-9-12-27-13-10-25/h1-2,5-8,15H,3-4,9-14H2,(H,21,24)(H,22,26). The van der Waals surface area contributed by atoms with E-state index in [0.717, 1.165) is 43.9 Å². The molecular weight excluding hydrogens is 358 g/mol. The van der Waals surface area contributed by atoms with Gasteiger partial charge in [0.2, 0.25) is 0 Å². The SMILES string of the molecule is O=C(Nc1ccccc1N1CCOCC1)c1ccc(NCC2CCCO2)nn1. The van der Waals surface area contributed by atoms with Crippen LogP contribution in [0.3, 0.4) is 0 Å². The molecule has 0 spiro atoms. The summed E-state index contributed by atoms with van der Waals surface area (Å²) in [5.41, 5.74) is 2.03. The van der Waals surface area contributed by atoms with Crippen molar-refractivity contribution in [2.45, 2.75) is 18.9 Å². The lowest BCUT2D eigenvalue weighted by molar-refractivity contribution is 0.102. The van der Waals surface area contributed by atoms with E-state index >= 15 is 0 Å². The van der Waals surface area contributed by atoms with Crippen LogP contribution in [0.1, 0.15) is 23.3 Å². The molecule has 8 heteroatoms. The highest BCUT2D eigenvalue weighted by atomic mass is 16.5. The van der Waals surface area contributed by atoms with Crippen LogP contribution in [0.2, 0.25) is 0 Å². The number of ether oxygens (including phenoxy) is 2. The van der Waals surface area contributed by atoms with Gasteiger partial charge in [-0.3, -0.25) is 4.79 Å². The monoisotopic (exact) mass is 383 g/mol. The molecule has 0 saturated carbocycles. The average Bonchev–Trinajstić information content (AvgIpc) is 3.27. The molecule has 0 bridgehead atoms. The number of aromatic nitrogens is 2. The number of morpholine rings is 1. The fraction of sp³-hybridized carbons (Fsp3) is 0.450. The first-order valence-corrected chi connectivity index (χ1v) is 9.72. The molecule has 2 aliphatic heterocycles. The van der Waals surface area contributed by atoms with Crippen LogP contribution in [-0.4, -0.2) is 61.7 Å². The molecule has 2 aromatic rings. The van der Waals surface area contributed by atoms with Crippen molar-refractivity contribution in [3.63, 3.8) is 0 Å². The number of nitrogens with zero attached hydrogens (tertiary/aromatic N) is 3. The predicted octanol–water partition coefficient (Wildman–Crippen LogP) is 2.16. The van der Waals surface area contributed by atoms with E-state index in [0.29, 0.717) is 25.6 Å². The van der Waals surface area contributed by atoms with Crippen molar-refractivity contribution in [1.29, 1.82) is 0 Å². The Balaban J connectivity index is 1.38. The summed E-state index contributed by atoms with van der Waals surface area (Å²) in [7, 11) is 0. The molecule has 1 amide bonds. The third-order valence-electron chi connectivity index (χ3n) is 4.94. The minimum atomic E-state index is -0.279. The van der Waals surface area contributed by atoms with Gasteiger partial charge in [0.25, 0.3) is 5.91 Å². The molecule has 148 valence electrons. The van der Waals surface area contributed by atoms with Gasteiger partial charge >= 0.3 is 0 Å². The van der Waals surface area contributed by atoms with Crippen LogP contribution in [0.4, 0.5) is 17.2 Å². The fourth-order valence-corrected chi connectivity index (χ4v) is 3.42.